The van der Waals surface area contributed by atoms with Gasteiger partial charge in [-0.1, -0.05) is 11.6 Å². The van der Waals surface area contributed by atoms with Crippen LogP contribution < -0.4 is 0 Å². The third-order valence-corrected chi connectivity index (χ3v) is 3.02. The van der Waals surface area contributed by atoms with Gasteiger partial charge in [-0.3, -0.25) is 10.00 Å². The summed E-state index contributed by atoms with van der Waals surface area (Å²) < 4.78 is 5.30. The molecule has 1 fully saturated rings. The number of hydrogen-bond donors (Lipinski definition) is 1. The number of ether oxygens (including phenoxy) is 1. The lowest BCUT2D eigenvalue weighted by atomic mass is 10.4. The summed E-state index contributed by atoms with van der Waals surface area (Å²) in [6, 6.07) is 0. The van der Waals surface area contributed by atoms with Gasteiger partial charge in [0.2, 0.25) is 0 Å². The Bertz CT molecular complexity index is 522. The number of hydrogen-bond acceptors (Lipinski definition) is 5. The zero-order valence-electron chi connectivity index (χ0n) is 9.19. The summed E-state index contributed by atoms with van der Waals surface area (Å²) in [6.07, 6.45) is 1.73. The fraction of sp³-hybridized carbons (Fsp3) is 0.500. The normalized spacial score (nSPS) is 17.7. The van der Waals surface area contributed by atoms with Crippen molar-refractivity contribution in [1.29, 1.82) is 0 Å². The average Bonchev–Trinajstić information content (AvgIpc) is 2.79. The Labute approximate surface area is 103 Å². The SMILES string of the molecule is Clc1nc(CN2CCOCC2)nc2c[nH]nc12. The second kappa shape index (κ2) is 4.56. The van der Waals surface area contributed by atoms with Crippen molar-refractivity contribution < 1.29 is 4.74 Å². The van der Waals surface area contributed by atoms with Gasteiger partial charge < -0.3 is 4.74 Å². The van der Waals surface area contributed by atoms with Gasteiger partial charge in [-0.25, -0.2) is 9.97 Å². The largest absolute Gasteiger partial charge is 0.379 e. The highest BCUT2D eigenvalue weighted by molar-refractivity contribution is 6.33. The molecule has 2 aromatic rings. The summed E-state index contributed by atoms with van der Waals surface area (Å²) in [5, 5.41) is 7.13. The quantitative estimate of drug-likeness (QED) is 0.804. The molecule has 1 aliphatic heterocycles. The van der Waals surface area contributed by atoms with Crippen LogP contribution in [0.3, 0.4) is 0 Å². The minimum Gasteiger partial charge on any atom is -0.379 e. The van der Waals surface area contributed by atoms with E-state index in [0.29, 0.717) is 17.2 Å². The van der Waals surface area contributed by atoms with Crippen LogP contribution in [0.4, 0.5) is 0 Å². The molecule has 2 aromatic heterocycles. The molecule has 0 unspecified atom stereocenters. The topological polar surface area (TPSA) is 66.9 Å². The fourth-order valence-corrected chi connectivity index (χ4v) is 2.12. The van der Waals surface area contributed by atoms with E-state index in [2.05, 4.69) is 25.1 Å². The van der Waals surface area contributed by atoms with Crippen molar-refractivity contribution in [3.63, 3.8) is 0 Å². The molecule has 0 saturated carbocycles. The number of H-pyrrole nitrogens is 1. The Hall–Kier alpha value is -1.24. The fourth-order valence-electron chi connectivity index (χ4n) is 1.88. The number of halogens is 1. The van der Waals surface area contributed by atoms with Crippen molar-refractivity contribution >= 4 is 22.6 Å². The van der Waals surface area contributed by atoms with E-state index < -0.39 is 0 Å². The predicted molar refractivity (Wildman–Crippen MR) is 62.8 cm³/mol. The molecule has 6 nitrogen and oxygen atoms in total. The summed E-state index contributed by atoms with van der Waals surface area (Å²) in [5.74, 6) is 0.728. The predicted octanol–water partition coefficient (Wildman–Crippen LogP) is 0.839. The maximum atomic E-state index is 6.04. The zero-order chi connectivity index (χ0) is 11.7. The summed E-state index contributed by atoms with van der Waals surface area (Å²) in [7, 11) is 0. The first-order chi connectivity index (χ1) is 8.33. The van der Waals surface area contributed by atoms with Gasteiger partial charge in [-0.15, -0.1) is 0 Å². The van der Waals surface area contributed by atoms with Crippen molar-refractivity contribution in [3.05, 3.63) is 17.2 Å². The van der Waals surface area contributed by atoms with Crippen LogP contribution in [0.2, 0.25) is 5.15 Å². The molecule has 7 heteroatoms. The lowest BCUT2D eigenvalue weighted by molar-refractivity contribution is 0.0331. The van der Waals surface area contributed by atoms with Gasteiger partial charge in [-0.2, -0.15) is 5.10 Å². The van der Waals surface area contributed by atoms with Gasteiger partial charge in [0, 0.05) is 19.3 Å². The molecule has 17 heavy (non-hydrogen) atoms. The Morgan fingerprint density at radius 3 is 3.00 bits per heavy atom. The summed E-state index contributed by atoms with van der Waals surface area (Å²) >= 11 is 6.04. The molecule has 0 spiro atoms. The number of nitrogens with one attached hydrogen (secondary N) is 1. The van der Waals surface area contributed by atoms with Gasteiger partial charge in [0.1, 0.15) is 16.9 Å². The standard InChI is InChI=1S/C10H12ClN5O/c11-10-9-7(5-12-15-9)13-8(14-10)6-16-1-3-17-4-2-16/h5H,1-4,6H2,(H,12,15). The molecular formula is C10H12ClN5O. The van der Waals surface area contributed by atoms with E-state index in [9.17, 15) is 0 Å². The molecule has 1 saturated heterocycles. The molecule has 0 radical (unpaired) electrons. The summed E-state index contributed by atoms with van der Waals surface area (Å²) in [6.45, 7) is 4.04. The van der Waals surface area contributed by atoms with Crippen molar-refractivity contribution in [2.45, 2.75) is 6.54 Å². The van der Waals surface area contributed by atoms with E-state index in [0.717, 1.165) is 37.6 Å². The average molecular weight is 254 g/mol. The monoisotopic (exact) mass is 253 g/mol. The van der Waals surface area contributed by atoms with Gasteiger partial charge in [0.05, 0.1) is 19.8 Å². The first kappa shape index (κ1) is 10.9. The second-order valence-electron chi connectivity index (χ2n) is 3.94. The summed E-state index contributed by atoms with van der Waals surface area (Å²) in [5.41, 5.74) is 1.38. The smallest absolute Gasteiger partial charge is 0.160 e. The lowest BCUT2D eigenvalue weighted by Gasteiger charge is -2.25. The highest BCUT2D eigenvalue weighted by Crippen LogP contribution is 2.17. The van der Waals surface area contributed by atoms with Crippen LogP contribution >= 0.6 is 11.6 Å². The molecule has 3 heterocycles. The molecular weight excluding hydrogens is 242 g/mol. The second-order valence-corrected chi connectivity index (χ2v) is 4.30. The number of aromatic amines is 1. The first-order valence-corrected chi connectivity index (χ1v) is 5.87. The van der Waals surface area contributed by atoms with E-state index in [-0.39, 0.29) is 0 Å². The molecule has 1 aliphatic rings. The third kappa shape index (κ3) is 2.24. The van der Waals surface area contributed by atoms with E-state index in [1.165, 1.54) is 0 Å². The molecule has 0 bridgehead atoms. The summed E-state index contributed by atoms with van der Waals surface area (Å²) in [4.78, 5) is 10.9. The third-order valence-electron chi connectivity index (χ3n) is 2.76. The number of morpholine rings is 1. The molecule has 0 aromatic carbocycles. The number of rotatable bonds is 2. The molecule has 1 N–H and O–H groups in total. The van der Waals surface area contributed by atoms with Crippen molar-refractivity contribution in [1.82, 2.24) is 25.1 Å². The van der Waals surface area contributed by atoms with E-state index in [4.69, 9.17) is 16.3 Å². The number of nitrogens with zero attached hydrogens (tertiary/aromatic N) is 4. The van der Waals surface area contributed by atoms with Crippen molar-refractivity contribution in [2.24, 2.45) is 0 Å². The van der Waals surface area contributed by atoms with Crippen LogP contribution in [-0.4, -0.2) is 51.4 Å². The van der Waals surface area contributed by atoms with Crippen molar-refractivity contribution in [2.75, 3.05) is 26.3 Å². The molecule has 90 valence electrons. The molecule has 0 atom stereocenters. The lowest BCUT2D eigenvalue weighted by Crippen LogP contribution is -2.36. The van der Waals surface area contributed by atoms with Crippen LogP contribution in [0, 0.1) is 0 Å². The van der Waals surface area contributed by atoms with Crippen LogP contribution in [0.1, 0.15) is 5.82 Å². The maximum Gasteiger partial charge on any atom is 0.160 e. The van der Waals surface area contributed by atoms with E-state index >= 15 is 0 Å². The number of fused-ring (bicyclic) bond motifs is 1. The van der Waals surface area contributed by atoms with Gasteiger partial charge in [0.25, 0.3) is 0 Å². The minimum absolute atomic E-state index is 0.402. The highest BCUT2D eigenvalue weighted by Gasteiger charge is 2.14. The number of aromatic nitrogens is 4. The highest BCUT2D eigenvalue weighted by atomic mass is 35.5. The molecule has 3 rings (SSSR count). The van der Waals surface area contributed by atoms with Crippen LogP contribution in [0.15, 0.2) is 6.20 Å². The van der Waals surface area contributed by atoms with Crippen molar-refractivity contribution in [3.8, 4) is 0 Å². The van der Waals surface area contributed by atoms with Crippen LogP contribution in [-0.2, 0) is 11.3 Å². The Morgan fingerprint density at radius 2 is 2.18 bits per heavy atom. The van der Waals surface area contributed by atoms with Crippen LogP contribution in [0.25, 0.3) is 11.0 Å². The molecule has 0 aliphatic carbocycles. The van der Waals surface area contributed by atoms with E-state index in [1.807, 2.05) is 0 Å². The zero-order valence-corrected chi connectivity index (χ0v) is 9.94. The Balaban J connectivity index is 1.84. The van der Waals surface area contributed by atoms with Gasteiger partial charge >= 0.3 is 0 Å². The van der Waals surface area contributed by atoms with Gasteiger partial charge in [0.15, 0.2) is 5.15 Å². The van der Waals surface area contributed by atoms with Crippen LogP contribution in [0.5, 0.6) is 0 Å². The Kier molecular flexibility index (Phi) is 2.92. The Morgan fingerprint density at radius 1 is 1.35 bits per heavy atom. The van der Waals surface area contributed by atoms with E-state index in [1.54, 1.807) is 6.20 Å². The van der Waals surface area contributed by atoms with Gasteiger partial charge in [-0.05, 0) is 0 Å². The molecule has 0 amide bonds. The maximum absolute atomic E-state index is 6.04. The first-order valence-electron chi connectivity index (χ1n) is 5.49. The minimum atomic E-state index is 0.402.